The van der Waals surface area contributed by atoms with Crippen molar-refractivity contribution in [2.45, 2.75) is 59.0 Å². The highest BCUT2D eigenvalue weighted by Gasteiger charge is 2.05. The Bertz CT molecular complexity index is 270. The summed E-state index contributed by atoms with van der Waals surface area (Å²) in [6, 6.07) is 9.50. The highest BCUT2D eigenvalue weighted by molar-refractivity contribution is 5.21. The van der Waals surface area contributed by atoms with Gasteiger partial charge in [-0.1, -0.05) is 56.5 Å². The zero-order valence-electron chi connectivity index (χ0n) is 10.9. The molecule has 0 bridgehead atoms. The van der Waals surface area contributed by atoms with Gasteiger partial charge in [-0.25, -0.2) is 0 Å². The maximum absolute atomic E-state index is 3.66. The SMILES string of the molecule is CCCC(CCC)NCc1ccc(C)cc1. The van der Waals surface area contributed by atoms with Gasteiger partial charge in [0.15, 0.2) is 0 Å². The highest BCUT2D eigenvalue weighted by Crippen LogP contribution is 2.07. The maximum Gasteiger partial charge on any atom is 0.0208 e. The third kappa shape index (κ3) is 4.80. The number of rotatable bonds is 7. The molecule has 1 nitrogen and oxygen atoms in total. The van der Waals surface area contributed by atoms with E-state index in [-0.39, 0.29) is 0 Å². The number of aryl methyl sites for hydroxylation is 1. The minimum Gasteiger partial charge on any atom is -0.310 e. The van der Waals surface area contributed by atoms with E-state index in [2.05, 4.69) is 50.4 Å². The molecule has 0 aliphatic heterocycles. The van der Waals surface area contributed by atoms with Gasteiger partial charge in [0.25, 0.3) is 0 Å². The lowest BCUT2D eigenvalue weighted by Gasteiger charge is -2.17. The second-order valence-corrected chi connectivity index (χ2v) is 4.64. The smallest absolute Gasteiger partial charge is 0.0208 e. The molecule has 16 heavy (non-hydrogen) atoms. The average molecular weight is 219 g/mol. The quantitative estimate of drug-likeness (QED) is 0.729. The van der Waals surface area contributed by atoms with Crippen molar-refractivity contribution in [1.82, 2.24) is 5.32 Å². The molecule has 0 saturated heterocycles. The summed E-state index contributed by atoms with van der Waals surface area (Å²) in [7, 11) is 0. The van der Waals surface area contributed by atoms with Gasteiger partial charge in [-0.15, -0.1) is 0 Å². The van der Waals surface area contributed by atoms with E-state index in [0.29, 0.717) is 6.04 Å². The Morgan fingerprint density at radius 2 is 1.56 bits per heavy atom. The molecule has 0 amide bonds. The van der Waals surface area contributed by atoms with Gasteiger partial charge in [-0.05, 0) is 25.3 Å². The molecule has 0 aromatic heterocycles. The lowest BCUT2D eigenvalue weighted by Crippen LogP contribution is -2.28. The van der Waals surface area contributed by atoms with E-state index in [9.17, 15) is 0 Å². The summed E-state index contributed by atoms with van der Waals surface area (Å²) in [6.45, 7) is 7.66. The zero-order chi connectivity index (χ0) is 11.8. The van der Waals surface area contributed by atoms with Crippen LogP contribution in [0.15, 0.2) is 24.3 Å². The van der Waals surface area contributed by atoms with Crippen LogP contribution >= 0.6 is 0 Å². The fourth-order valence-corrected chi connectivity index (χ4v) is 2.01. The van der Waals surface area contributed by atoms with Crippen LogP contribution in [0.3, 0.4) is 0 Å². The van der Waals surface area contributed by atoms with Crippen molar-refractivity contribution >= 4 is 0 Å². The van der Waals surface area contributed by atoms with Gasteiger partial charge < -0.3 is 5.32 Å². The summed E-state index contributed by atoms with van der Waals surface area (Å²) in [5.41, 5.74) is 2.73. The topological polar surface area (TPSA) is 12.0 Å². The minimum atomic E-state index is 0.691. The van der Waals surface area contributed by atoms with Gasteiger partial charge in [0.1, 0.15) is 0 Å². The highest BCUT2D eigenvalue weighted by atomic mass is 14.9. The van der Waals surface area contributed by atoms with E-state index in [1.54, 1.807) is 0 Å². The first-order valence-electron chi connectivity index (χ1n) is 6.55. The Labute approximate surface area is 100 Å². The Hall–Kier alpha value is -0.820. The molecule has 0 aliphatic carbocycles. The largest absolute Gasteiger partial charge is 0.310 e. The summed E-state index contributed by atoms with van der Waals surface area (Å²) in [5.74, 6) is 0. The predicted molar refractivity (Wildman–Crippen MR) is 71.6 cm³/mol. The Balaban J connectivity index is 2.38. The first-order chi connectivity index (χ1) is 7.76. The third-order valence-corrected chi connectivity index (χ3v) is 2.99. The van der Waals surface area contributed by atoms with Crippen molar-refractivity contribution in [3.63, 3.8) is 0 Å². The van der Waals surface area contributed by atoms with E-state index in [1.165, 1.54) is 36.8 Å². The van der Waals surface area contributed by atoms with Crippen LogP contribution in [0.1, 0.15) is 50.7 Å². The van der Waals surface area contributed by atoms with Crippen LogP contribution in [-0.4, -0.2) is 6.04 Å². The molecule has 0 spiro atoms. The second-order valence-electron chi connectivity index (χ2n) is 4.64. The fourth-order valence-electron chi connectivity index (χ4n) is 2.01. The number of hydrogen-bond donors (Lipinski definition) is 1. The van der Waals surface area contributed by atoms with Crippen LogP contribution in [0.25, 0.3) is 0 Å². The van der Waals surface area contributed by atoms with Crippen LogP contribution < -0.4 is 5.32 Å². The molecule has 1 aromatic rings. The van der Waals surface area contributed by atoms with Gasteiger partial charge in [0.2, 0.25) is 0 Å². The van der Waals surface area contributed by atoms with Crippen molar-refractivity contribution in [3.8, 4) is 0 Å². The molecule has 90 valence electrons. The number of benzene rings is 1. The summed E-state index contributed by atoms with van der Waals surface area (Å²) in [6.07, 6.45) is 5.12. The Morgan fingerprint density at radius 1 is 1.00 bits per heavy atom. The lowest BCUT2D eigenvalue weighted by atomic mass is 10.1. The summed E-state index contributed by atoms with van der Waals surface area (Å²) >= 11 is 0. The fraction of sp³-hybridized carbons (Fsp3) is 0.600. The molecule has 0 saturated carbocycles. The molecule has 0 heterocycles. The van der Waals surface area contributed by atoms with E-state index in [1.807, 2.05) is 0 Å². The Kier molecular flexibility index (Phi) is 6.17. The molecule has 0 aliphatic rings. The normalized spacial score (nSPS) is 11.0. The van der Waals surface area contributed by atoms with E-state index >= 15 is 0 Å². The summed E-state index contributed by atoms with van der Waals surface area (Å²) < 4.78 is 0. The van der Waals surface area contributed by atoms with Crippen molar-refractivity contribution < 1.29 is 0 Å². The molecule has 1 rings (SSSR count). The molecule has 1 aromatic carbocycles. The van der Waals surface area contributed by atoms with Crippen LogP contribution in [0, 0.1) is 6.92 Å². The molecular weight excluding hydrogens is 194 g/mol. The predicted octanol–water partition coefficient (Wildman–Crippen LogP) is 4.05. The van der Waals surface area contributed by atoms with Gasteiger partial charge in [-0.2, -0.15) is 0 Å². The van der Waals surface area contributed by atoms with Crippen LogP contribution in [-0.2, 0) is 6.54 Å². The van der Waals surface area contributed by atoms with Crippen LogP contribution in [0.2, 0.25) is 0 Å². The average Bonchev–Trinajstić information content (AvgIpc) is 2.29. The van der Waals surface area contributed by atoms with Crippen molar-refractivity contribution in [2.24, 2.45) is 0 Å². The molecular formula is C15H25N. The zero-order valence-corrected chi connectivity index (χ0v) is 10.9. The van der Waals surface area contributed by atoms with Gasteiger partial charge >= 0.3 is 0 Å². The van der Waals surface area contributed by atoms with Crippen molar-refractivity contribution in [1.29, 1.82) is 0 Å². The van der Waals surface area contributed by atoms with Crippen LogP contribution in [0.4, 0.5) is 0 Å². The first kappa shape index (κ1) is 13.2. The lowest BCUT2D eigenvalue weighted by molar-refractivity contribution is 0.443. The van der Waals surface area contributed by atoms with Crippen molar-refractivity contribution in [2.75, 3.05) is 0 Å². The monoisotopic (exact) mass is 219 g/mol. The molecule has 1 heteroatoms. The van der Waals surface area contributed by atoms with E-state index < -0.39 is 0 Å². The number of nitrogens with one attached hydrogen (secondary N) is 1. The summed E-state index contributed by atoms with van der Waals surface area (Å²) in [4.78, 5) is 0. The Morgan fingerprint density at radius 3 is 2.06 bits per heavy atom. The summed E-state index contributed by atoms with van der Waals surface area (Å²) in [5, 5.41) is 3.66. The molecule has 0 atom stereocenters. The standard InChI is InChI=1S/C15H25N/c1-4-6-15(7-5-2)16-12-14-10-8-13(3)9-11-14/h8-11,15-16H,4-7,12H2,1-3H3. The van der Waals surface area contributed by atoms with Gasteiger partial charge in [-0.3, -0.25) is 0 Å². The minimum absolute atomic E-state index is 0.691. The second kappa shape index (κ2) is 7.45. The molecule has 0 fully saturated rings. The van der Waals surface area contributed by atoms with E-state index in [0.717, 1.165) is 6.54 Å². The maximum atomic E-state index is 3.66. The molecule has 0 unspecified atom stereocenters. The van der Waals surface area contributed by atoms with E-state index in [4.69, 9.17) is 0 Å². The molecule has 0 radical (unpaired) electrons. The van der Waals surface area contributed by atoms with Crippen LogP contribution in [0.5, 0.6) is 0 Å². The van der Waals surface area contributed by atoms with Gasteiger partial charge in [0.05, 0.1) is 0 Å². The number of hydrogen-bond acceptors (Lipinski definition) is 1. The van der Waals surface area contributed by atoms with Crippen molar-refractivity contribution in [3.05, 3.63) is 35.4 Å². The molecule has 1 N–H and O–H groups in total. The first-order valence-corrected chi connectivity index (χ1v) is 6.55. The third-order valence-electron chi connectivity index (χ3n) is 2.99. The van der Waals surface area contributed by atoms with Gasteiger partial charge in [0, 0.05) is 12.6 Å².